The average molecular weight is 490 g/mol. The molecule has 0 saturated carbocycles. The fourth-order valence-electron chi connectivity index (χ4n) is 5.44. The Labute approximate surface area is 209 Å². The molecule has 2 aliphatic rings. The van der Waals surface area contributed by atoms with Crippen molar-refractivity contribution in [3.8, 4) is 5.75 Å². The van der Waals surface area contributed by atoms with Crippen molar-refractivity contribution in [3.63, 3.8) is 0 Å². The molecule has 3 heterocycles. The largest absolute Gasteiger partial charge is 0.497 e. The monoisotopic (exact) mass is 489 g/mol. The second-order valence-electron chi connectivity index (χ2n) is 9.34. The van der Waals surface area contributed by atoms with Crippen molar-refractivity contribution in [2.24, 2.45) is 0 Å². The van der Waals surface area contributed by atoms with E-state index in [0.717, 1.165) is 65.0 Å². The van der Waals surface area contributed by atoms with E-state index in [1.165, 1.54) is 5.39 Å². The standard InChI is InChI=1S/C28H28ClN3O3/c1-34-20-6-7-23-17(12-20)13-25(31-23)28(33)32-16-18(15-29)27-22-5-3-2-4-21(22)24(14-26(27)32)30-19-8-10-35-11-9-19/h2-7,12-14,18-19,30-31H,8-11,15-16H2,1H3. The number of carbonyl (C=O) groups is 1. The quantitative estimate of drug-likeness (QED) is 0.342. The fraction of sp³-hybridized carbons (Fsp3) is 0.321. The van der Waals surface area contributed by atoms with Crippen LogP contribution in [0.15, 0.2) is 54.6 Å². The number of nitrogens with zero attached hydrogens (tertiary/aromatic N) is 1. The molecule has 4 aromatic rings. The Kier molecular flexibility index (Phi) is 5.78. The molecule has 1 saturated heterocycles. The molecule has 1 aromatic heterocycles. The lowest BCUT2D eigenvalue weighted by Gasteiger charge is -2.26. The second kappa shape index (κ2) is 9.10. The zero-order valence-electron chi connectivity index (χ0n) is 19.6. The van der Waals surface area contributed by atoms with Crippen LogP contribution in [0.3, 0.4) is 0 Å². The number of amides is 1. The smallest absolute Gasteiger partial charge is 0.274 e. The fourth-order valence-corrected chi connectivity index (χ4v) is 5.70. The number of hydrogen-bond acceptors (Lipinski definition) is 4. The molecule has 2 N–H and O–H groups in total. The Balaban J connectivity index is 1.43. The molecule has 0 bridgehead atoms. The van der Waals surface area contributed by atoms with Crippen LogP contribution in [0.4, 0.5) is 11.4 Å². The summed E-state index contributed by atoms with van der Waals surface area (Å²) in [6.45, 7) is 2.09. The number of hydrogen-bond donors (Lipinski definition) is 2. The lowest BCUT2D eigenvalue weighted by Crippen LogP contribution is -2.30. The van der Waals surface area contributed by atoms with Gasteiger partial charge in [0.2, 0.25) is 0 Å². The molecule has 6 rings (SSSR count). The van der Waals surface area contributed by atoms with Crippen molar-refractivity contribution in [3.05, 3.63) is 65.9 Å². The molecule has 1 unspecified atom stereocenters. The molecular formula is C28H28ClN3O3. The van der Waals surface area contributed by atoms with E-state index in [-0.39, 0.29) is 11.8 Å². The number of fused-ring (bicyclic) bond motifs is 4. The van der Waals surface area contributed by atoms with Gasteiger partial charge in [0.05, 0.1) is 12.8 Å². The van der Waals surface area contributed by atoms with Crippen LogP contribution in [-0.4, -0.2) is 49.7 Å². The molecule has 7 heteroatoms. The summed E-state index contributed by atoms with van der Waals surface area (Å²) in [7, 11) is 1.64. The number of nitrogens with one attached hydrogen (secondary N) is 2. The van der Waals surface area contributed by atoms with Crippen LogP contribution in [-0.2, 0) is 4.74 Å². The van der Waals surface area contributed by atoms with Gasteiger partial charge in [-0.2, -0.15) is 0 Å². The van der Waals surface area contributed by atoms with Gasteiger partial charge < -0.3 is 24.7 Å². The SMILES string of the molecule is COc1ccc2[nH]c(C(=O)N3CC(CCl)c4c3cc(NC3CCOCC3)c3ccccc43)cc2c1. The maximum atomic E-state index is 13.8. The van der Waals surface area contributed by atoms with Crippen molar-refractivity contribution in [1.82, 2.24) is 4.98 Å². The van der Waals surface area contributed by atoms with Gasteiger partial charge in [0, 0.05) is 59.6 Å². The van der Waals surface area contributed by atoms with Crippen LogP contribution in [0, 0.1) is 0 Å². The van der Waals surface area contributed by atoms with E-state index in [9.17, 15) is 4.79 Å². The molecular weight excluding hydrogens is 462 g/mol. The molecule has 1 amide bonds. The summed E-state index contributed by atoms with van der Waals surface area (Å²) >= 11 is 6.46. The molecule has 0 radical (unpaired) electrons. The number of rotatable bonds is 5. The highest BCUT2D eigenvalue weighted by Gasteiger charge is 2.35. The predicted octanol–water partition coefficient (Wildman–Crippen LogP) is 5.90. The summed E-state index contributed by atoms with van der Waals surface area (Å²) < 4.78 is 10.9. The molecule has 3 aromatic carbocycles. The van der Waals surface area contributed by atoms with Crippen molar-refractivity contribution < 1.29 is 14.3 Å². The van der Waals surface area contributed by atoms with Crippen LogP contribution >= 0.6 is 11.6 Å². The third kappa shape index (κ3) is 3.91. The number of H-pyrrole nitrogens is 1. The van der Waals surface area contributed by atoms with E-state index in [4.69, 9.17) is 21.1 Å². The van der Waals surface area contributed by atoms with E-state index in [1.807, 2.05) is 29.2 Å². The molecule has 2 aliphatic heterocycles. The first kappa shape index (κ1) is 22.3. The summed E-state index contributed by atoms with van der Waals surface area (Å²) in [5.41, 5.74) is 4.61. The number of anilines is 2. The number of methoxy groups -OCH3 is 1. The maximum Gasteiger partial charge on any atom is 0.274 e. The van der Waals surface area contributed by atoms with Gasteiger partial charge in [0.15, 0.2) is 0 Å². The van der Waals surface area contributed by atoms with Crippen molar-refractivity contribution >= 4 is 50.6 Å². The van der Waals surface area contributed by atoms with Gasteiger partial charge in [-0.05, 0) is 54.1 Å². The minimum atomic E-state index is -0.0543. The van der Waals surface area contributed by atoms with E-state index in [0.29, 0.717) is 24.2 Å². The lowest BCUT2D eigenvalue weighted by molar-refractivity contribution is 0.0905. The van der Waals surface area contributed by atoms with Crippen molar-refractivity contribution in [1.29, 1.82) is 0 Å². The Morgan fingerprint density at radius 2 is 1.94 bits per heavy atom. The minimum absolute atomic E-state index is 0.0543. The Morgan fingerprint density at radius 3 is 2.71 bits per heavy atom. The number of ether oxygens (including phenoxy) is 2. The first-order valence-corrected chi connectivity index (χ1v) is 12.6. The molecule has 0 spiro atoms. The number of carbonyl (C=O) groups excluding carboxylic acids is 1. The number of alkyl halides is 1. The van der Waals surface area contributed by atoms with E-state index in [1.54, 1.807) is 7.11 Å². The van der Waals surface area contributed by atoms with Gasteiger partial charge in [-0.15, -0.1) is 11.6 Å². The van der Waals surface area contributed by atoms with Crippen LogP contribution in [0.2, 0.25) is 0 Å². The number of halogens is 1. The third-order valence-corrected chi connectivity index (χ3v) is 7.61. The highest BCUT2D eigenvalue weighted by atomic mass is 35.5. The average Bonchev–Trinajstić information content (AvgIpc) is 3.50. The van der Waals surface area contributed by atoms with Crippen molar-refractivity contribution in [2.45, 2.75) is 24.8 Å². The Morgan fingerprint density at radius 1 is 1.14 bits per heavy atom. The van der Waals surface area contributed by atoms with Gasteiger partial charge >= 0.3 is 0 Å². The first-order chi connectivity index (χ1) is 17.2. The lowest BCUT2D eigenvalue weighted by atomic mass is 9.94. The molecule has 1 fully saturated rings. The van der Waals surface area contributed by atoms with Crippen LogP contribution in [0.5, 0.6) is 5.75 Å². The molecule has 0 aliphatic carbocycles. The van der Waals surface area contributed by atoms with Crippen LogP contribution in [0.25, 0.3) is 21.7 Å². The van der Waals surface area contributed by atoms with Gasteiger partial charge in [-0.1, -0.05) is 24.3 Å². The Hall–Kier alpha value is -3.22. The number of aromatic amines is 1. The molecule has 180 valence electrons. The topological polar surface area (TPSA) is 66.6 Å². The maximum absolute atomic E-state index is 13.8. The normalized spacial score (nSPS) is 18.2. The summed E-state index contributed by atoms with van der Waals surface area (Å²) in [6.07, 6.45) is 1.94. The zero-order valence-corrected chi connectivity index (χ0v) is 20.4. The van der Waals surface area contributed by atoms with Gasteiger partial charge in [0.1, 0.15) is 11.4 Å². The van der Waals surface area contributed by atoms with Gasteiger partial charge in [-0.25, -0.2) is 0 Å². The van der Waals surface area contributed by atoms with Crippen LogP contribution < -0.4 is 15.0 Å². The summed E-state index contributed by atoms with van der Waals surface area (Å²) in [4.78, 5) is 19.0. The second-order valence-corrected chi connectivity index (χ2v) is 9.65. The predicted molar refractivity (Wildman–Crippen MR) is 141 cm³/mol. The number of aromatic nitrogens is 1. The third-order valence-electron chi connectivity index (χ3n) is 7.24. The first-order valence-electron chi connectivity index (χ1n) is 12.1. The summed E-state index contributed by atoms with van der Waals surface area (Å²) in [6, 6.07) is 18.6. The van der Waals surface area contributed by atoms with E-state index >= 15 is 0 Å². The van der Waals surface area contributed by atoms with E-state index in [2.05, 4.69) is 40.6 Å². The van der Waals surface area contributed by atoms with Crippen LogP contribution in [0.1, 0.15) is 34.8 Å². The summed E-state index contributed by atoms with van der Waals surface area (Å²) in [5.74, 6) is 1.24. The number of benzene rings is 3. The highest BCUT2D eigenvalue weighted by Crippen LogP contribution is 2.45. The molecule has 6 nitrogen and oxygen atoms in total. The Bertz CT molecular complexity index is 1410. The van der Waals surface area contributed by atoms with Gasteiger partial charge in [0.25, 0.3) is 5.91 Å². The zero-order chi connectivity index (χ0) is 23.9. The summed E-state index contributed by atoms with van der Waals surface area (Å²) in [5, 5.41) is 7.01. The van der Waals surface area contributed by atoms with Gasteiger partial charge in [-0.3, -0.25) is 4.79 Å². The highest BCUT2D eigenvalue weighted by molar-refractivity contribution is 6.19. The van der Waals surface area contributed by atoms with Crippen molar-refractivity contribution in [2.75, 3.05) is 43.0 Å². The molecule has 35 heavy (non-hydrogen) atoms. The van der Waals surface area contributed by atoms with E-state index < -0.39 is 0 Å². The molecule has 1 atom stereocenters. The minimum Gasteiger partial charge on any atom is -0.497 e.